The molecular weight excluding hydrogens is 428 g/mol. The minimum absolute atomic E-state index is 0.130. The maximum absolute atomic E-state index is 12.2. The maximum Gasteiger partial charge on any atom is 0.222 e. The van der Waals surface area contributed by atoms with Crippen LogP contribution in [0.5, 0.6) is 11.5 Å². The Morgan fingerprint density at radius 1 is 1.15 bits per heavy atom. The van der Waals surface area contributed by atoms with Crippen molar-refractivity contribution in [3.8, 4) is 11.5 Å². The molecule has 0 spiro atoms. The second-order valence-electron chi connectivity index (χ2n) is 10.2. The second-order valence-corrected chi connectivity index (χ2v) is 10.2. The zero-order valence-corrected chi connectivity index (χ0v) is 21.5. The van der Waals surface area contributed by atoms with Gasteiger partial charge in [-0.05, 0) is 68.0 Å². The van der Waals surface area contributed by atoms with Crippen LogP contribution >= 0.6 is 0 Å². The number of amides is 1. The molecule has 0 atom stereocenters. The third-order valence-corrected chi connectivity index (χ3v) is 6.22. The molecule has 34 heavy (non-hydrogen) atoms. The normalized spacial score (nSPS) is 14.3. The predicted molar refractivity (Wildman–Crippen MR) is 134 cm³/mol. The summed E-state index contributed by atoms with van der Waals surface area (Å²) in [7, 11) is 5.25. The van der Waals surface area contributed by atoms with Gasteiger partial charge < -0.3 is 19.3 Å². The SMILES string of the molecule is COc1ccc(Cc2nccc(CC(C)(C)CC(=O)N(C)C)n2)cc1OCCCN1CCCC1. The van der Waals surface area contributed by atoms with E-state index in [4.69, 9.17) is 14.5 Å². The van der Waals surface area contributed by atoms with E-state index in [1.165, 1.54) is 25.9 Å². The van der Waals surface area contributed by atoms with E-state index in [2.05, 4.69) is 23.7 Å². The van der Waals surface area contributed by atoms with Crippen molar-refractivity contribution in [1.29, 1.82) is 0 Å². The van der Waals surface area contributed by atoms with Gasteiger partial charge in [-0.15, -0.1) is 0 Å². The van der Waals surface area contributed by atoms with Gasteiger partial charge in [0.15, 0.2) is 11.5 Å². The standard InChI is InChI=1S/C27H40N4O3/c1-27(2,20-26(32)30(3)4)19-22-11-12-28-25(29-22)18-21-9-10-23(33-5)24(17-21)34-16-8-15-31-13-6-7-14-31/h9-12,17H,6-8,13-16,18-20H2,1-5H3. The van der Waals surface area contributed by atoms with E-state index in [1.807, 2.05) is 24.3 Å². The Bertz CT molecular complexity index is 939. The fourth-order valence-corrected chi connectivity index (χ4v) is 4.35. The lowest BCUT2D eigenvalue weighted by atomic mass is 9.84. The van der Waals surface area contributed by atoms with Crippen LogP contribution in [0.15, 0.2) is 30.5 Å². The smallest absolute Gasteiger partial charge is 0.222 e. The number of hydrogen-bond acceptors (Lipinski definition) is 6. The van der Waals surface area contributed by atoms with Crippen molar-refractivity contribution < 1.29 is 14.3 Å². The van der Waals surface area contributed by atoms with Crippen LogP contribution in [0.25, 0.3) is 0 Å². The van der Waals surface area contributed by atoms with Gasteiger partial charge in [-0.1, -0.05) is 19.9 Å². The fraction of sp³-hybridized carbons (Fsp3) is 0.593. The number of rotatable bonds is 12. The third-order valence-electron chi connectivity index (χ3n) is 6.22. The van der Waals surface area contributed by atoms with Crippen molar-refractivity contribution in [3.05, 3.63) is 47.5 Å². The minimum Gasteiger partial charge on any atom is -0.493 e. The summed E-state index contributed by atoms with van der Waals surface area (Å²) < 4.78 is 11.6. The molecule has 0 saturated carbocycles. The summed E-state index contributed by atoms with van der Waals surface area (Å²) in [4.78, 5) is 25.6. The van der Waals surface area contributed by atoms with Crippen molar-refractivity contribution in [2.24, 2.45) is 5.41 Å². The van der Waals surface area contributed by atoms with Crippen molar-refractivity contribution >= 4 is 5.91 Å². The average molecular weight is 469 g/mol. The third kappa shape index (κ3) is 7.97. The molecule has 1 aliphatic rings. The number of ether oxygens (including phenoxy) is 2. The second kappa shape index (κ2) is 12.2. The molecule has 7 heteroatoms. The van der Waals surface area contributed by atoms with Gasteiger partial charge in [0.05, 0.1) is 13.7 Å². The molecule has 1 aromatic carbocycles. The van der Waals surface area contributed by atoms with Crippen LogP contribution < -0.4 is 9.47 Å². The first kappa shape index (κ1) is 25.9. The van der Waals surface area contributed by atoms with Crippen molar-refractivity contribution in [3.63, 3.8) is 0 Å². The average Bonchev–Trinajstić information content (AvgIpc) is 3.30. The number of carbonyl (C=O) groups excluding carboxylic acids is 1. The molecule has 0 aliphatic carbocycles. The molecule has 0 bridgehead atoms. The van der Waals surface area contributed by atoms with Gasteiger partial charge in [0, 0.05) is 45.4 Å². The molecule has 7 nitrogen and oxygen atoms in total. The Morgan fingerprint density at radius 3 is 2.62 bits per heavy atom. The van der Waals surface area contributed by atoms with E-state index in [0.29, 0.717) is 19.4 Å². The summed E-state index contributed by atoms with van der Waals surface area (Å²) in [6.45, 7) is 8.38. The highest BCUT2D eigenvalue weighted by molar-refractivity contribution is 5.76. The molecule has 1 fully saturated rings. The maximum atomic E-state index is 12.2. The van der Waals surface area contributed by atoms with Crippen LogP contribution in [0.4, 0.5) is 0 Å². The first-order valence-corrected chi connectivity index (χ1v) is 12.3. The molecule has 2 aromatic rings. The molecule has 1 amide bonds. The lowest BCUT2D eigenvalue weighted by Gasteiger charge is -2.25. The van der Waals surface area contributed by atoms with Crippen molar-refractivity contribution in [2.75, 3.05) is 47.4 Å². The minimum atomic E-state index is -0.177. The predicted octanol–water partition coefficient (Wildman–Crippen LogP) is 3.99. The number of carbonyl (C=O) groups is 1. The van der Waals surface area contributed by atoms with Crippen LogP contribution in [-0.2, 0) is 17.6 Å². The fourth-order valence-electron chi connectivity index (χ4n) is 4.35. The largest absolute Gasteiger partial charge is 0.493 e. The lowest BCUT2D eigenvalue weighted by Crippen LogP contribution is -2.29. The molecule has 3 rings (SSSR count). The van der Waals surface area contributed by atoms with Gasteiger partial charge in [-0.3, -0.25) is 4.79 Å². The Hall–Kier alpha value is -2.67. The summed E-state index contributed by atoms with van der Waals surface area (Å²) in [5.74, 6) is 2.40. The van der Waals surface area contributed by atoms with Crippen molar-refractivity contribution in [2.45, 2.75) is 52.4 Å². The topological polar surface area (TPSA) is 67.8 Å². The summed E-state index contributed by atoms with van der Waals surface area (Å²) >= 11 is 0. The summed E-state index contributed by atoms with van der Waals surface area (Å²) in [5.41, 5.74) is 1.85. The Kier molecular flexibility index (Phi) is 9.28. The van der Waals surface area contributed by atoms with E-state index in [0.717, 1.165) is 48.0 Å². The molecule has 1 aromatic heterocycles. The number of likely N-dealkylation sites (tertiary alicyclic amines) is 1. The van der Waals surface area contributed by atoms with Gasteiger partial charge in [0.1, 0.15) is 5.82 Å². The number of hydrogen-bond donors (Lipinski definition) is 0. The highest BCUT2D eigenvalue weighted by Crippen LogP contribution is 2.29. The van der Waals surface area contributed by atoms with Crippen molar-refractivity contribution in [1.82, 2.24) is 19.8 Å². The van der Waals surface area contributed by atoms with Crippen LogP contribution in [0, 0.1) is 5.41 Å². The number of nitrogens with zero attached hydrogens (tertiary/aromatic N) is 4. The quantitative estimate of drug-likeness (QED) is 0.439. The molecule has 1 saturated heterocycles. The van der Waals surface area contributed by atoms with Crippen LogP contribution in [0.3, 0.4) is 0 Å². The van der Waals surface area contributed by atoms with E-state index in [9.17, 15) is 4.79 Å². The Labute approximate surface area is 204 Å². The lowest BCUT2D eigenvalue weighted by molar-refractivity contribution is -0.130. The number of benzene rings is 1. The van der Waals surface area contributed by atoms with Gasteiger partial charge in [-0.25, -0.2) is 9.97 Å². The molecule has 0 radical (unpaired) electrons. The summed E-state index contributed by atoms with van der Waals surface area (Å²) in [6, 6.07) is 7.95. The first-order chi connectivity index (χ1) is 16.3. The van der Waals surface area contributed by atoms with Crippen LogP contribution in [0.2, 0.25) is 0 Å². The van der Waals surface area contributed by atoms with Gasteiger partial charge in [0.2, 0.25) is 5.91 Å². The van der Waals surface area contributed by atoms with Gasteiger partial charge >= 0.3 is 0 Å². The molecule has 0 N–H and O–H groups in total. The molecule has 2 heterocycles. The van der Waals surface area contributed by atoms with E-state index in [1.54, 1.807) is 32.3 Å². The van der Waals surface area contributed by atoms with Gasteiger partial charge in [0.25, 0.3) is 0 Å². The number of aromatic nitrogens is 2. The zero-order valence-electron chi connectivity index (χ0n) is 21.5. The molecular formula is C27H40N4O3. The van der Waals surface area contributed by atoms with Gasteiger partial charge in [-0.2, -0.15) is 0 Å². The first-order valence-electron chi connectivity index (χ1n) is 12.3. The van der Waals surface area contributed by atoms with E-state index >= 15 is 0 Å². The summed E-state index contributed by atoms with van der Waals surface area (Å²) in [5, 5.41) is 0. The monoisotopic (exact) mass is 468 g/mol. The zero-order chi connectivity index (χ0) is 24.6. The van der Waals surface area contributed by atoms with E-state index < -0.39 is 0 Å². The molecule has 186 valence electrons. The molecule has 1 aliphatic heterocycles. The van der Waals surface area contributed by atoms with Crippen LogP contribution in [0.1, 0.15) is 56.6 Å². The Morgan fingerprint density at radius 2 is 1.91 bits per heavy atom. The summed E-state index contributed by atoms with van der Waals surface area (Å²) in [6.07, 6.45) is 7.24. The Balaban J connectivity index is 1.61. The molecule has 0 unspecified atom stereocenters. The highest BCUT2D eigenvalue weighted by Gasteiger charge is 2.24. The van der Waals surface area contributed by atoms with Crippen LogP contribution in [-0.4, -0.2) is 73.1 Å². The number of methoxy groups -OCH3 is 1. The van der Waals surface area contributed by atoms with E-state index in [-0.39, 0.29) is 11.3 Å². The highest BCUT2D eigenvalue weighted by atomic mass is 16.5.